The number of alkyl halides is 2. The summed E-state index contributed by atoms with van der Waals surface area (Å²) in [6.07, 6.45) is 7.58. The van der Waals surface area contributed by atoms with Crippen LogP contribution in [-0.4, -0.2) is 23.6 Å². The first-order valence-corrected chi connectivity index (χ1v) is 12.0. The lowest BCUT2D eigenvalue weighted by atomic mass is 9.62. The second kappa shape index (κ2) is 4.94. The maximum Gasteiger partial charge on any atom is 0.348 e. The molecule has 9 unspecified atom stereocenters. The van der Waals surface area contributed by atoms with Crippen LogP contribution in [0.4, 0.5) is 0 Å². The molecule has 7 heteroatoms. The maximum atomic E-state index is 13.5. The molecular formula is C20H25Br2N3O2. The van der Waals surface area contributed by atoms with Gasteiger partial charge in [-0.25, -0.2) is 23.5 Å². The molecule has 5 nitrogen and oxygen atoms in total. The van der Waals surface area contributed by atoms with Gasteiger partial charge in [-0.3, -0.25) is 0 Å². The highest BCUT2D eigenvalue weighted by Crippen LogP contribution is 2.69. The Hall–Kier alpha value is -0.560. The van der Waals surface area contributed by atoms with E-state index in [4.69, 9.17) is 0 Å². The second-order valence-corrected chi connectivity index (χ2v) is 12.3. The number of nitrogens with zero attached hydrogens (tertiary/aromatic N) is 3. The third-order valence-corrected chi connectivity index (χ3v) is 12.5. The molecule has 2 aliphatic heterocycles. The summed E-state index contributed by atoms with van der Waals surface area (Å²) in [7, 11) is 0. The number of rotatable bonds is 1. The number of halogens is 2. The standard InChI is InChI=1S/C20H25Br2N3O2/c1-19(2)9-6-7-20(19,3)12(8-9)23-17(26)24-10-4-5-11(25(24)18(23)27)14-13(10)15(21)16(14)22/h4-5,9-16H,6-8H2,1-3H3. The van der Waals surface area contributed by atoms with E-state index in [0.717, 1.165) is 12.8 Å². The zero-order valence-electron chi connectivity index (χ0n) is 15.8. The molecule has 7 rings (SSSR count). The molecule has 0 amide bonds. The maximum absolute atomic E-state index is 13.5. The van der Waals surface area contributed by atoms with Crippen molar-refractivity contribution in [2.45, 2.75) is 67.8 Å². The van der Waals surface area contributed by atoms with Crippen molar-refractivity contribution in [3.63, 3.8) is 0 Å². The Balaban J connectivity index is 1.54. The number of hydrogen-bond acceptors (Lipinski definition) is 2. The summed E-state index contributed by atoms with van der Waals surface area (Å²) in [5.74, 6) is 1.36. The van der Waals surface area contributed by atoms with Crippen molar-refractivity contribution in [2.24, 2.45) is 28.6 Å². The van der Waals surface area contributed by atoms with Gasteiger partial charge in [0.2, 0.25) is 0 Å². The van der Waals surface area contributed by atoms with Gasteiger partial charge in [-0.05, 0) is 36.0 Å². The van der Waals surface area contributed by atoms with E-state index in [2.05, 4.69) is 64.8 Å². The molecular weight excluding hydrogens is 474 g/mol. The average molecular weight is 499 g/mol. The molecule has 3 fully saturated rings. The molecule has 0 radical (unpaired) electrons. The minimum absolute atomic E-state index is 0.0140. The SMILES string of the molecule is CC1(C)C2CCC1(C)C(n1c(=O)n3n(c1=O)C1C=CC3C3C(Br)C(Br)C31)C2. The predicted molar refractivity (Wildman–Crippen MR) is 111 cm³/mol. The summed E-state index contributed by atoms with van der Waals surface area (Å²) >= 11 is 7.59. The van der Waals surface area contributed by atoms with Crippen LogP contribution in [0.1, 0.15) is 58.2 Å². The van der Waals surface area contributed by atoms with Gasteiger partial charge in [0.15, 0.2) is 0 Å². The molecule has 3 saturated carbocycles. The molecule has 4 bridgehead atoms. The van der Waals surface area contributed by atoms with Gasteiger partial charge in [-0.2, -0.15) is 0 Å². The Bertz CT molecular complexity index is 948. The van der Waals surface area contributed by atoms with E-state index in [1.807, 2.05) is 0 Å². The highest BCUT2D eigenvalue weighted by Gasteiger charge is 2.64. The van der Waals surface area contributed by atoms with Crippen molar-refractivity contribution in [1.29, 1.82) is 0 Å². The molecule has 1 aromatic heterocycles. The van der Waals surface area contributed by atoms with Crippen molar-refractivity contribution in [3.8, 4) is 0 Å². The van der Waals surface area contributed by atoms with Crippen molar-refractivity contribution in [1.82, 2.24) is 13.9 Å². The Labute approximate surface area is 175 Å². The molecule has 0 saturated heterocycles. The quantitative estimate of drug-likeness (QED) is 0.438. The first kappa shape index (κ1) is 17.3. The van der Waals surface area contributed by atoms with Gasteiger partial charge in [0.05, 0.1) is 12.1 Å². The third kappa shape index (κ3) is 1.67. The van der Waals surface area contributed by atoms with Crippen molar-refractivity contribution < 1.29 is 0 Å². The summed E-state index contributed by atoms with van der Waals surface area (Å²) in [5, 5.41) is 0. The van der Waals surface area contributed by atoms with E-state index in [1.165, 1.54) is 6.42 Å². The Morgan fingerprint density at radius 1 is 0.963 bits per heavy atom. The zero-order valence-corrected chi connectivity index (χ0v) is 19.0. The largest absolute Gasteiger partial charge is 0.348 e. The van der Waals surface area contributed by atoms with Crippen LogP contribution in [0.25, 0.3) is 0 Å². The number of aromatic nitrogens is 3. The molecule has 4 aliphatic carbocycles. The number of hydrogen-bond donors (Lipinski definition) is 0. The fourth-order valence-electron chi connectivity index (χ4n) is 7.36. The summed E-state index contributed by atoms with van der Waals surface area (Å²) in [4.78, 5) is 27.8. The minimum atomic E-state index is -0.0925. The van der Waals surface area contributed by atoms with E-state index in [0.29, 0.717) is 27.4 Å². The molecule has 6 aliphatic rings. The number of fused-ring (bicyclic) bond motifs is 2. The van der Waals surface area contributed by atoms with Crippen LogP contribution in [0.3, 0.4) is 0 Å². The van der Waals surface area contributed by atoms with Gasteiger partial charge < -0.3 is 0 Å². The minimum Gasteiger partial charge on any atom is -0.246 e. The van der Waals surface area contributed by atoms with Crippen molar-refractivity contribution >= 4 is 31.9 Å². The van der Waals surface area contributed by atoms with Crippen molar-refractivity contribution in [2.75, 3.05) is 0 Å². The lowest BCUT2D eigenvalue weighted by Crippen LogP contribution is -2.63. The van der Waals surface area contributed by atoms with Gasteiger partial charge >= 0.3 is 11.4 Å². The van der Waals surface area contributed by atoms with Crippen LogP contribution in [0.15, 0.2) is 21.7 Å². The summed E-state index contributed by atoms with van der Waals surface area (Å²) < 4.78 is 5.21. The Kier molecular flexibility index (Phi) is 3.17. The zero-order chi connectivity index (χ0) is 19.0. The topological polar surface area (TPSA) is 48.9 Å². The van der Waals surface area contributed by atoms with E-state index in [1.54, 1.807) is 13.9 Å². The predicted octanol–water partition coefficient (Wildman–Crippen LogP) is 3.64. The lowest BCUT2D eigenvalue weighted by molar-refractivity contribution is 0.0346. The Morgan fingerprint density at radius 3 is 1.89 bits per heavy atom. The van der Waals surface area contributed by atoms with Crippen LogP contribution >= 0.6 is 31.9 Å². The van der Waals surface area contributed by atoms with Crippen molar-refractivity contribution in [3.05, 3.63) is 33.1 Å². The molecule has 0 spiro atoms. The first-order chi connectivity index (χ1) is 12.7. The normalized spacial score (nSPS) is 50.6. The van der Waals surface area contributed by atoms with Crippen LogP contribution in [-0.2, 0) is 0 Å². The third-order valence-electron chi connectivity index (χ3n) is 9.44. The molecule has 9 atom stereocenters. The van der Waals surface area contributed by atoms with Gasteiger partial charge in [-0.15, -0.1) is 0 Å². The van der Waals surface area contributed by atoms with Crippen LogP contribution in [0, 0.1) is 28.6 Å². The molecule has 146 valence electrons. The number of allylic oxidation sites excluding steroid dienone is 2. The highest BCUT2D eigenvalue weighted by molar-refractivity contribution is 9.12. The molecule has 3 heterocycles. The van der Waals surface area contributed by atoms with E-state index >= 15 is 0 Å². The van der Waals surface area contributed by atoms with E-state index in [-0.39, 0.29) is 40.3 Å². The van der Waals surface area contributed by atoms with Crippen LogP contribution in [0.2, 0.25) is 0 Å². The smallest absolute Gasteiger partial charge is 0.246 e. The van der Waals surface area contributed by atoms with Gasteiger partial charge in [-0.1, -0.05) is 64.8 Å². The van der Waals surface area contributed by atoms with E-state index < -0.39 is 0 Å². The molecule has 0 aromatic carbocycles. The molecule has 0 N–H and O–H groups in total. The summed E-state index contributed by atoms with van der Waals surface area (Å²) in [5.41, 5.74) is 0.00440. The summed E-state index contributed by atoms with van der Waals surface area (Å²) in [6, 6.07) is -0.00787. The van der Waals surface area contributed by atoms with Crippen LogP contribution < -0.4 is 11.4 Å². The highest BCUT2D eigenvalue weighted by atomic mass is 79.9. The fourth-order valence-corrected chi connectivity index (χ4v) is 9.39. The average Bonchev–Trinajstić information content (AvgIpc) is 3.13. The monoisotopic (exact) mass is 497 g/mol. The lowest BCUT2D eigenvalue weighted by Gasteiger charge is -2.58. The van der Waals surface area contributed by atoms with Crippen LogP contribution in [0.5, 0.6) is 0 Å². The Morgan fingerprint density at radius 2 is 1.48 bits per heavy atom. The van der Waals surface area contributed by atoms with Gasteiger partial charge in [0, 0.05) is 27.5 Å². The first-order valence-electron chi connectivity index (χ1n) is 10.1. The van der Waals surface area contributed by atoms with Gasteiger partial charge in [0.25, 0.3) is 0 Å². The van der Waals surface area contributed by atoms with Gasteiger partial charge in [0.1, 0.15) is 0 Å². The molecule has 27 heavy (non-hydrogen) atoms. The second-order valence-electron chi connectivity index (χ2n) is 10.2. The fraction of sp³-hybridized carbons (Fsp3) is 0.800. The summed E-state index contributed by atoms with van der Waals surface area (Å²) in [6.45, 7) is 6.97. The molecule has 1 aromatic rings. The van der Waals surface area contributed by atoms with E-state index in [9.17, 15) is 9.59 Å².